The van der Waals surface area contributed by atoms with Gasteiger partial charge in [0.2, 0.25) is 0 Å². The number of hydrogen-bond donors (Lipinski definition) is 1. The van der Waals surface area contributed by atoms with Crippen LogP contribution in [-0.2, 0) is 11.8 Å². The van der Waals surface area contributed by atoms with Crippen molar-refractivity contribution in [1.29, 1.82) is 0 Å². The normalized spacial score (nSPS) is 13.2. The first kappa shape index (κ1) is 9.29. The van der Waals surface area contributed by atoms with Crippen molar-refractivity contribution in [3.63, 3.8) is 0 Å². The van der Waals surface area contributed by atoms with Crippen LogP contribution in [-0.4, -0.2) is 25.3 Å². The van der Waals surface area contributed by atoms with Crippen molar-refractivity contribution < 1.29 is 4.74 Å². The van der Waals surface area contributed by atoms with E-state index < -0.39 is 0 Å². The second-order valence-corrected chi connectivity index (χ2v) is 2.89. The molecular formula is C9H16N2O. The Bertz CT molecular complexity index is 232. The third-order valence-electron chi connectivity index (χ3n) is 1.90. The van der Waals surface area contributed by atoms with Crippen molar-refractivity contribution in [2.45, 2.75) is 6.10 Å². The summed E-state index contributed by atoms with van der Waals surface area (Å²) in [6.45, 7) is 0.848. The van der Waals surface area contributed by atoms with E-state index in [0.29, 0.717) is 0 Å². The Morgan fingerprint density at radius 1 is 1.67 bits per heavy atom. The van der Waals surface area contributed by atoms with E-state index in [0.717, 1.165) is 6.54 Å². The number of hydrogen-bond acceptors (Lipinski definition) is 2. The molecule has 1 rings (SSSR count). The van der Waals surface area contributed by atoms with Gasteiger partial charge in [-0.05, 0) is 18.7 Å². The number of aryl methyl sites for hydroxylation is 1. The maximum absolute atomic E-state index is 5.31. The molecule has 0 radical (unpaired) electrons. The predicted octanol–water partition coefficient (Wildman–Crippen LogP) is 0.932. The summed E-state index contributed by atoms with van der Waals surface area (Å²) in [7, 11) is 5.67. The minimum atomic E-state index is 0.163. The summed E-state index contributed by atoms with van der Waals surface area (Å²) in [4.78, 5) is 0. The van der Waals surface area contributed by atoms with Gasteiger partial charge in [0.15, 0.2) is 0 Å². The van der Waals surface area contributed by atoms with Crippen molar-refractivity contribution in [2.24, 2.45) is 7.05 Å². The van der Waals surface area contributed by atoms with Crippen LogP contribution in [0.4, 0.5) is 0 Å². The van der Waals surface area contributed by atoms with E-state index in [2.05, 4.69) is 17.6 Å². The number of nitrogens with zero attached hydrogens (tertiary/aromatic N) is 1. The molecule has 3 heteroatoms. The first-order chi connectivity index (χ1) is 5.77. The highest BCUT2D eigenvalue weighted by molar-refractivity contribution is 5.13. The van der Waals surface area contributed by atoms with E-state index in [4.69, 9.17) is 4.74 Å². The van der Waals surface area contributed by atoms with Gasteiger partial charge in [-0.25, -0.2) is 0 Å². The van der Waals surface area contributed by atoms with Gasteiger partial charge in [0.1, 0.15) is 0 Å². The fraction of sp³-hybridized carbons (Fsp3) is 0.556. The monoisotopic (exact) mass is 168 g/mol. The van der Waals surface area contributed by atoms with E-state index in [1.54, 1.807) is 7.11 Å². The first-order valence-electron chi connectivity index (χ1n) is 4.07. The van der Waals surface area contributed by atoms with E-state index in [1.165, 1.54) is 5.56 Å². The zero-order valence-corrected chi connectivity index (χ0v) is 7.87. The molecule has 1 atom stereocenters. The molecule has 12 heavy (non-hydrogen) atoms. The molecule has 0 fully saturated rings. The molecule has 0 amide bonds. The lowest BCUT2D eigenvalue weighted by Crippen LogP contribution is -2.18. The third kappa shape index (κ3) is 2.09. The first-order valence-corrected chi connectivity index (χ1v) is 4.07. The quantitative estimate of drug-likeness (QED) is 0.724. The van der Waals surface area contributed by atoms with Crippen molar-refractivity contribution in [3.8, 4) is 0 Å². The molecule has 1 aromatic rings. The highest BCUT2D eigenvalue weighted by atomic mass is 16.5. The van der Waals surface area contributed by atoms with Crippen LogP contribution >= 0.6 is 0 Å². The van der Waals surface area contributed by atoms with E-state index in [1.807, 2.05) is 24.9 Å². The number of likely N-dealkylation sites (N-methyl/N-ethyl adjacent to an activating group) is 1. The number of methoxy groups -OCH3 is 1. The number of rotatable bonds is 4. The van der Waals surface area contributed by atoms with Crippen LogP contribution < -0.4 is 5.32 Å². The Kier molecular flexibility index (Phi) is 3.31. The summed E-state index contributed by atoms with van der Waals surface area (Å²) in [6, 6.07) is 2.07. The summed E-state index contributed by atoms with van der Waals surface area (Å²) in [5, 5.41) is 3.09. The van der Waals surface area contributed by atoms with Crippen LogP contribution in [0.15, 0.2) is 18.5 Å². The molecule has 0 saturated carbocycles. The lowest BCUT2D eigenvalue weighted by molar-refractivity contribution is 0.104. The van der Waals surface area contributed by atoms with Crippen molar-refractivity contribution in [1.82, 2.24) is 9.88 Å². The third-order valence-corrected chi connectivity index (χ3v) is 1.90. The molecule has 0 aliphatic rings. The highest BCUT2D eigenvalue weighted by Crippen LogP contribution is 2.14. The predicted molar refractivity (Wildman–Crippen MR) is 49.1 cm³/mol. The van der Waals surface area contributed by atoms with Crippen LogP contribution in [0.25, 0.3) is 0 Å². The topological polar surface area (TPSA) is 26.2 Å². The van der Waals surface area contributed by atoms with Gasteiger partial charge in [-0.2, -0.15) is 0 Å². The smallest absolute Gasteiger partial charge is 0.0959 e. The van der Waals surface area contributed by atoms with Gasteiger partial charge >= 0.3 is 0 Å². The van der Waals surface area contributed by atoms with Gasteiger partial charge in [-0.1, -0.05) is 0 Å². The standard InChI is InChI=1S/C9H16N2O/c1-10-6-9(12-3)8-4-5-11(2)7-8/h4-5,7,9-10H,6H2,1-3H3. The maximum Gasteiger partial charge on any atom is 0.0959 e. The van der Waals surface area contributed by atoms with Gasteiger partial charge in [0.05, 0.1) is 6.10 Å². The lowest BCUT2D eigenvalue weighted by Gasteiger charge is -2.12. The molecule has 3 nitrogen and oxygen atoms in total. The molecule has 1 heterocycles. The molecule has 0 aliphatic heterocycles. The molecular weight excluding hydrogens is 152 g/mol. The average molecular weight is 168 g/mol. The van der Waals surface area contributed by atoms with Crippen LogP contribution in [0.3, 0.4) is 0 Å². The summed E-state index contributed by atoms with van der Waals surface area (Å²) in [5.41, 5.74) is 1.22. The van der Waals surface area contributed by atoms with Crippen LogP contribution in [0, 0.1) is 0 Å². The van der Waals surface area contributed by atoms with E-state index in [-0.39, 0.29) is 6.10 Å². The summed E-state index contributed by atoms with van der Waals surface area (Å²) in [6.07, 6.45) is 4.26. The SMILES string of the molecule is CNCC(OC)c1ccn(C)c1. The van der Waals surface area contributed by atoms with Crippen molar-refractivity contribution >= 4 is 0 Å². The fourth-order valence-electron chi connectivity index (χ4n) is 1.24. The van der Waals surface area contributed by atoms with Crippen LogP contribution in [0.1, 0.15) is 11.7 Å². The number of nitrogens with one attached hydrogen (secondary N) is 1. The summed E-state index contributed by atoms with van der Waals surface area (Å²) >= 11 is 0. The zero-order chi connectivity index (χ0) is 8.97. The van der Waals surface area contributed by atoms with E-state index >= 15 is 0 Å². The van der Waals surface area contributed by atoms with Crippen molar-refractivity contribution in [2.75, 3.05) is 20.7 Å². The molecule has 1 aromatic heterocycles. The average Bonchev–Trinajstić information content (AvgIpc) is 2.47. The number of aromatic nitrogens is 1. The van der Waals surface area contributed by atoms with Gasteiger partial charge in [0, 0.05) is 33.1 Å². The second kappa shape index (κ2) is 4.28. The molecule has 0 spiro atoms. The van der Waals surface area contributed by atoms with Gasteiger partial charge in [-0.3, -0.25) is 0 Å². The second-order valence-electron chi connectivity index (χ2n) is 2.89. The largest absolute Gasteiger partial charge is 0.375 e. The Hall–Kier alpha value is -0.800. The Morgan fingerprint density at radius 2 is 2.42 bits per heavy atom. The molecule has 1 unspecified atom stereocenters. The van der Waals surface area contributed by atoms with E-state index in [9.17, 15) is 0 Å². The summed E-state index contributed by atoms with van der Waals surface area (Å²) in [5.74, 6) is 0. The summed E-state index contributed by atoms with van der Waals surface area (Å²) < 4.78 is 7.34. The minimum absolute atomic E-state index is 0.163. The van der Waals surface area contributed by atoms with Crippen LogP contribution in [0.5, 0.6) is 0 Å². The van der Waals surface area contributed by atoms with Gasteiger partial charge in [-0.15, -0.1) is 0 Å². The molecule has 0 aromatic carbocycles. The van der Waals surface area contributed by atoms with Crippen molar-refractivity contribution in [3.05, 3.63) is 24.0 Å². The molecule has 1 N–H and O–H groups in total. The molecule has 68 valence electrons. The zero-order valence-electron chi connectivity index (χ0n) is 7.87. The fourth-order valence-corrected chi connectivity index (χ4v) is 1.24. The lowest BCUT2D eigenvalue weighted by atomic mass is 10.2. The van der Waals surface area contributed by atoms with Gasteiger partial charge < -0.3 is 14.6 Å². The Balaban J connectivity index is 2.66. The Labute approximate surface area is 73.3 Å². The van der Waals surface area contributed by atoms with Gasteiger partial charge in [0.25, 0.3) is 0 Å². The van der Waals surface area contributed by atoms with Crippen LogP contribution in [0.2, 0.25) is 0 Å². The molecule has 0 aliphatic carbocycles. The molecule has 0 bridgehead atoms. The molecule has 0 saturated heterocycles. The minimum Gasteiger partial charge on any atom is -0.375 e. The Morgan fingerprint density at radius 3 is 2.83 bits per heavy atom. The maximum atomic E-state index is 5.31. The highest BCUT2D eigenvalue weighted by Gasteiger charge is 2.09. The number of ether oxygens (including phenoxy) is 1.